The van der Waals surface area contributed by atoms with Gasteiger partial charge in [0, 0.05) is 44.9 Å². The quantitative estimate of drug-likeness (QED) is 0.604. The molecule has 1 atom stereocenters. The van der Waals surface area contributed by atoms with Crippen LogP contribution in [0.3, 0.4) is 0 Å². The van der Waals surface area contributed by atoms with Crippen molar-refractivity contribution in [1.82, 2.24) is 9.88 Å². The highest BCUT2D eigenvalue weighted by Crippen LogP contribution is 2.52. The van der Waals surface area contributed by atoms with Gasteiger partial charge in [0.1, 0.15) is 5.82 Å². The van der Waals surface area contributed by atoms with Crippen molar-refractivity contribution in [1.29, 1.82) is 0 Å². The minimum absolute atomic E-state index is 0.00978. The van der Waals surface area contributed by atoms with Gasteiger partial charge >= 0.3 is 0 Å². The molecule has 1 aromatic carbocycles. The van der Waals surface area contributed by atoms with E-state index in [1.807, 2.05) is 20.2 Å². The maximum Gasteiger partial charge on any atom is 0.274 e. The summed E-state index contributed by atoms with van der Waals surface area (Å²) in [7, 11) is 3.62. The molecule has 7 heteroatoms. The van der Waals surface area contributed by atoms with E-state index in [1.54, 1.807) is 11.0 Å². The monoisotopic (exact) mass is 380 g/mol. The number of fused-ring (bicyclic) bond motifs is 2. The largest absolute Gasteiger partial charge is 0.356 e. The molecule has 0 N–H and O–H groups in total. The first-order valence-electron chi connectivity index (χ1n) is 9.57. The van der Waals surface area contributed by atoms with E-state index < -0.39 is 0 Å². The van der Waals surface area contributed by atoms with E-state index in [1.165, 1.54) is 17.8 Å². The van der Waals surface area contributed by atoms with E-state index in [2.05, 4.69) is 28.1 Å². The molecular weight excluding hydrogens is 356 g/mol. The molecule has 1 fully saturated rings. The van der Waals surface area contributed by atoms with E-state index in [-0.39, 0.29) is 27.9 Å². The number of hydrogen-bond acceptors (Lipinski definition) is 5. The van der Waals surface area contributed by atoms with Crippen molar-refractivity contribution < 1.29 is 9.72 Å². The number of benzene rings is 1. The molecular formula is C21H24N4O3. The van der Waals surface area contributed by atoms with Crippen molar-refractivity contribution in [2.45, 2.75) is 30.6 Å². The number of pyridine rings is 1. The Bertz CT molecular complexity index is 919. The number of nitro groups is 1. The second kappa shape index (κ2) is 6.89. The molecule has 1 aliphatic heterocycles. The molecule has 7 nitrogen and oxygen atoms in total. The zero-order chi connectivity index (χ0) is 19.9. The fourth-order valence-corrected chi connectivity index (χ4v) is 4.76. The van der Waals surface area contributed by atoms with Crippen LogP contribution < -0.4 is 4.90 Å². The number of anilines is 1. The minimum atomic E-state index is -0.388. The average Bonchev–Trinajstić information content (AvgIpc) is 3.02. The Morgan fingerprint density at radius 2 is 1.96 bits per heavy atom. The Kier molecular flexibility index (Phi) is 4.53. The Morgan fingerprint density at radius 3 is 2.64 bits per heavy atom. The summed E-state index contributed by atoms with van der Waals surface area (Å²) in [6.07, 6.45) is 4.14. The highest BCUT2D eigenvalue weighted by atomic mass is 16.6. The third-order valence-corrected chi connectivity index (χ3v) is 6.23. The topological polar surface area (TPSA) is 79.6 Å². The highest BCUT2D eigenvalue weighted by molar-refractivity contribution is 5.85. The summed E-state index contributed by atoms with van der Waals surface area (Å²) in [5, 5.41) is 11.1. The molecule has 2 heterocycles. The Morgan fingerprint density at radius 1 is 1.25 bits per heavy atom. The first kappa shape index (κ1) is 18.4. The summed E-state index contributed by atoms with van der Waals surface area (Å²) in [4.78, 5) is 31.6. The van der Waals surface area contributed by atoms with E-state index in [0.717, 1.165) is 37.9 Å². The lowest BCUT2D eigenvalue weighted by Crippen LogP contribution is -2.42. The lowest BCUT2D eigenvalue weighted by atomic mass is 9.73. The predicted molar refractivity (Wildman–Crippen MR) is 107 cm³/mol. The normalized spacial score (nSPS) is 20.1. The number of hydrogen-bond donors (Lipinski definition) is 0. The van der Waals surface area contributed by atoms with E-state index in [4.69, 9.17) is 0 Å². The number of nitrogens with zero attached hydrogens (tertiary/aromatic N) is 4. The standard InChI is InChI=1S/C21H24N4O3/c1-23(2)20(26)17-14-21(18-6-4-3-5-16(17)18)8-11-24(12-9-21)19-13-15(25(27)28)7-10-22-19/h3-7,10,13,17H,8-9,11-12,14H2,1-2H3. The molecule has 0 radical (unpaired) electrons. The van der Waals surface area contributed by atoms with Crippen molar-refractivity contribution in [3.05, 3.63) is 63.8 Å². The van der Waals surface area contributed by atoms with Gasteiger partial charge in [-0.15, -0.1) is 0 Å². The lowest BCUT2D eigenvalue weighted by Gasteiger charge is -2.41. The summed E-state index contributed by atoms with van der Waals surface area (Å²) in [6.45, 7) is 1.54. The Hall–Kier alpha value is -2.96. The van der Waals surface area contributed by atoms with Gasteiger partial charge in [0.25, 0.3) is 5.69 Å². The van der Waals surface area contributed by atoms with Crippen LogP contribution in [0.1, 0.15) is 36.3 Å². The molecule has 1 saturated heterocycles. The van der Waals surface area contributed by atoms with Crippen LogP contribution in [0.5, 0.6) is 0 Å². The summed E-state index contributed by atoms with van der Waals surface area (Å²) >= 11 is 0. The molecule has 0 saturated carbocycles. The van der Waals surface area contributed by atoms with Gasteiger partial charge in [0.15, 0.2) is 0 Å². The van der Waals surface area contributed by atoms with Crippen LogP contribution in [-0.2, 0) is 10.2 Å². The zero-order valence-corrected chi connectivity index (χ0v) is 16.2. The minimum Gasteiger partial charge on any atom is -0.356 e. The molecule has 1 aliphatic carbocycles. The average molecular weight is 380 g/mol. The molecule has 4 rings (SSSR count). The van der Waals surface area contributed by atoms with Crippen LogP contribution in [0, 0.1) is 10.1 Å². The van der Waals surface area contributed by atoms with E-state index in [0.29, 0.717) is 5.82 Å². The second-order valence-electron chi connectivity index (χ2n) is 7.97. The van der Waals surface area contributed by atoms with Crippen molar-refractivity contribution in [3.8, 4) is 0 Å². The van der Waals surface area contributed by atoms with Gasteiger partial charge in [-0.2, -0.15) is 0 Å². The highest BCUT2D eigenvalue weighted by Gasteiger charge is 2.47. The summed E-state index contributed by atoms with van der Waals surface area (Å²) in [5.74, 6) is 0.719. The van der Waals surface area contributed by atoms with Crippen LogP contribution in [0.2, 0.25) is 0 Å². The molecule has 2 aromatic rings. The fraction of sp³-hybridized carbons (Fsp3) is 0.429. The maximum absolute atomic E-state index is 12.8. The van der Waals surface area contributed by atoms with Gasteiger partial charge in [-0.3, -0.25) is 14.9 Å². The number of aromatic nitrogens is 1. The number of piperidine rings is 1. The predicted octanol–water partition coefficient (Wildman–Crippen LogP) is 3.10. The number of rotatable bonds is 3. The first-order chi connectivity index (χ1) is 13.4. The third-order valence-electron chi connectivity index (χ3n) is 6.23. The Labute approximate surface area is 164 Å². The van der Waals surface area contributed by atoms with Crippen molar-refractivity contribution in [2.24, 2.45) is 0 Å². The van der Waals surface area contributed by atoms with Gasteiger partial charge in [0.2, 0.25) is 5.91 Å². The lowest BCUT2D eigenvalue weighted by molar-refractivity contribution is -0.384. The van der Waals surface area contributed by atoms with Crippen LogP contribution in [0.25, 0.3) is 0 Å². The molecule has 1 amide bonds. The molecule has 1 aromatic heterocycles. The summed E-state index contributed by atoms with van der Waals surface area (Å²) in [5.41, 5.74) is 2.50. The van der Waals surface area contributed by atoms with Crippen LogP contribution in [0.4, 0.5) is 11.5 Å². The van der Waals surface area contributed by atoms with Gasteiger partial charge in [-0.25, -0.2) is 4.98 Å². The molecule has 0 bridgehead atoms. The molecule has 1 unspecified atom stereocenters. The number of likely N-dealkylation sites (N-methyl/N-ethyl adjacent to an activating group) is 1. The summed E-state index contributed by atoms with van der Waals surface area (Å²) in [6, 6.07) is 11.3. The Balaban J connectivity index is 1.58. The SMILES string of the molecule is CN(C)C(=O)C1CC2(CCN(c3cc([N+](=O)[O-])ccn3)CC2)c2ccccc21. The van der Waals surface area contributed by atoms with Crippen molar-refractivity contribution in [3.63, 3.8) is 0 Å². The number of carbonyl (C=O) groups excluding carboxylic acids is 1. The smallest absolute Gasteiger partial charge is 0.274 e. The molecule has 2 aliphatic rings. The number of carbonyl (C=O) groups is 1. The van der Waals surface area contributed by atoms with Gasteiger partial charge < -0.3 is 9.80 Å². The zero-order valence-electron chi connectivity index (χ0n) is 16.2. The van der Waals surface area contributed by atoms with Crippen molar-refractivity contribution in [2.75, 3.05) is 32.1 Å². The third kappa shape index (κ3) is 3.00. The van der Waals surface area contributed by atoms with Gasteiger partial charge in [-0.1, -0.05) is 24.3 Å². The van der Waals surface area contributed by atoms with E-state index >= 15 is 0 Å². The molecule has 28 heavy (non-hydrogen) atoms. The van der Waals surface area contributed by atoms with Gasteiger partial charge in [0.05, 0.1) is 16.9 Å². The van der Waals surface area contributed by atoms with Crippen LogP contribution in [-0.4, -0.2) is 47.9 Å². The maximum atomic E-state index is 12.8. The summed E-state index contributed by atoms with van der Waals surface area (Å²) < 4.78 is 0. The molecule has 1 spiro atoms. The van der Waals surface area contributed by atoms with E-state index in [9.17, 15) is 14.9 Å². The van der Waals surface area contributed by atoms with Crippen LogP contribution in [0.15, 0.2) is 42.6 Å². The number of amides is 1. The van der Waals surface area contributed by atoms with Crippen LogP contribution >= 0.6 is 0 Å². The first-order valence-corrected chi connectivity index (χ1v) is 9.57. The van der Waals surface area contributed by atoms with Crippen molar-refractivity contribution >= 4 is 17.4 Å². The second-order valence-corrected chi connectivity index (χ2v) is 7.97. The van der Waals surface area contributed by atoms with Gasteiger partial charge in [-0.05, 0) is 30.4 Å². The fourth-order valence-electron chi connectivity index (χ4n) is 4.76. The molecule has 146 valence electrons.